The van der Waals surface area contributed by atoms with Gasteiger partial charge in [0.2, 0.25) is 0 Å². The standard InChI is InChI=1S/C17H21F3N2O3/c1-2-25-14(23)16(17(18,19)20,13-9-5-3-6-10-13)21-15(24)22-11-7-4-8-12-22/h3,5-6,9-10H,2,4,7-8,11-12H2,1H3,(H,21,24)/t16-/m0/s1. The van der Waals surface area contributed by atoms with E-state index in [9.17, 15) is 22.8 Å². The molecule has 1 aliphatic rings. The normalized spacial score (nSPS) is 17.5. The lowest BCUT2D eigenvalue weighted by Crippen LogP contribution is -2.64. The molecule has 2 amide bonds. The fraction of sp³-hybridized carbons (Fsp3) is 0.529. The van der Waals surface area contributed by atoms with Crippen LogP contribution < -0.4 is 5.32 Å². The third-order valence-electron chi connectivity index (χ3n) is 4.15. The van der Waals surface area contributed by atoms with Crippen LogP contribution in [0.4, 0.5) is 18.0 Å². The fourth-order valence-corrected chi connectivity index (χ4v) is 2.86. The molecule has 0 bridgehead atoms. The first-order valence-corrected chi connectivity index (χ1v) is 8.19. The number of likely N-dealkylation sites (tertiary alicyclic amines) is 1. The summed E-state index contributed by atoms with van der Waals surface area (Å²) in [7, 11) is 0. The van der Waals surface area contributed by atoms with Crippen molar-refractivity contribution < 1.29 is 27.5 Å². The number of nitrogens with one attached hydrogen (secondary N) is 1. The zero-order valence-electron chi connectivity index (χ0n) is 13.9. The van der Waals surface area contributed by atoms with Gasteiger partial charge in [-0.3, -0.25) is 0 Å². The van der Waals surface area contributed by atoms with E-state index in [-0.39, 0.29) is 12.2 Å². The van der Waals surface area contributed by atoms with E-state index in [1.807, 2.05) is 5.32 Å². The number of ether oxygens (including phenoxy) is 1. The van der Waals surface area contributed by atoms with Gasteiger partial charge in [-0.1, -0.05) is 30.3 Å². The SMILES string of the molecule is CCOC(=O)[C@@](NC(=O)N1CCCCC1)(c1ccccc1)C(F)(F)F. The average Bonchev–Trinajstić information content (AvgIpc) is 2.60. The first-order valence-electron chi connectivity index (χ1n) is 8.19. The molecule has 1 N–H and O–H groups in total. The molecule has 1 fully saturated rings. The van der Waals surface area contributed by atoms with Crippen molar-refractivity contribution in [3.8, 4) is 0 Å². The number of alkyl halides is 3. The maximum absolute atomic E-state index is 14.0. The number of piperidine rings is 1. The highest BCUT2D eigenvalue weighted by Gasteiger charge is 2.64. The number of amides is 2. The Hall–Kier alpha value is -2.25. The van der Waals surface area contributed by atoms with Crippen molar-refractivity contribution in [3.63, 3.8) is 0 Å². The van der Waals surface area contributed by atoms with Gasteiger partial charge < -0.3 is 15.0 Å². The van der Waals surface area contributed by atoms with Crippen molar-refractivity contribution >= 4 is 12.0 Å². The Morgan fingerprint density at radius 1 is 1.12 bits per heavy atom. The molecule has 0 spiro atoms. The molecule has 0 radical (unpaired) electrons. The maximum Gasteiger partial charge on any atom is 0.426 e. The molecule has 1 aliphatic heterocycles. The van der Waals surface area contributed by atoms with Crippen molar-refractivity contribution in [2.45, 2.75) is 37.9 Å². The molecule has 0 aromatic heterocycles. The van der Waals surface area contributed by atoms with Gasteiger partial charge in [0.05, 0.1) is 6.61 Å². The summed E-state index contributed by atoms with van der Waals surface area (Å²) in [5, 5.41) is 1.93. The number of nitrogens with zero attached hydrogens (tertiary/aromatic N) is 1. The monoisotopic (exact) mass is 358 g/mol. The van der Waals surface area contributed by atoms with Crippen LogP contribution >= 0.6 is 0 Å². The zero-order chi connectivity index (χ0) is 18.5. The number of carbonyl (C=O) groups is 2. The molecule has 1 aromatic carbocycles. The summed E-state index contributed by atoms with van der Waals surface area (Å²) in [6.45, 7) is 1.90. The molecular formula is C17H21F3N2O3. The molecule has 0 unspecified atom stereocenters. The molecule has 0 saturated carbocycles. The summed E-state index contributed by atoms with van der Waals surface area (Å²) in [6.07, 6.45) is -2.70. The van der Waals surface area contributed by atoms with Crippen molar-refractivity contribution in [1.29, 1.82) is 0 Å². The summed E-state index contributed by atoms with van der Waals surface area (Å²) >= 11 is 0. The molecule has 138 valence electrons. The zero-order valence-corrected chi connectivity index (χ0v) is 13.9. The van der Waals surface area contributed by atoms with Crippen LogP contribution in [0, 0.1) is 0 Å². The Morgan fingerprint density at radius 3 is 2.24 bits per heavy atom. The first kappa shape index (κ1) is 19.1. The number of halogens is 3. The minimum atomic E-state index is -5.06. The van der Waals surface area contributed by atoms with Gasteiger partial charge in [0.15, 0.2) is 0 Å². The second-order valence-corrected chi connectivity index (χ2v) is 5.81. The van der Waals surface area contributed by atoms with Crippen LogP contribution in [-0.4, -0.2) is 42.8 Å². The summed E-state index contributed by atoms with van der Waals surface area (Å²) in [4.78, 5) is 26.1. The Morgan fingerprint density at radius 2 is 1.72 bits per heavy atom. The highest BCUT2D eigenvalue weighted by Crippen LogP contribution is 2.40. The van der Waals surface area contributed by atoms with Crippen LogP contribution in [0.25, 0.3) is 0 Å². The molecule has 0 aliphatic carbocycles. The van der Waals surface area contributed by atoms with E-state index in [0.717, 1.165) is 31.4 Å². The van der Waals surface area contributed by atoms with Gasteiger partial charge in [-0.15, -0.1) is 0 Å². The lowest BCUT2D eigenvalue weighted by Gasteiger charge is -2.37. The Balaban J connectivity index is 2.46. The van der Waals surface area contributed by atoms with Gasteiger partial charge in [0.1, 0.15) is 0 Å². The van der Waals surface area contributed by atoms with E-state index in [4.69, 9.17) is 0 Å². The van der Waals surface area contributed by atoms with Crippen molar-refractivity contribution in [2.75, 3.05) is 19.7 Å². The van der Waals surface area contributed by atoms with Gasteiger partial charge in [-0.05, 0) is 31.7 Å². The van der Waals surface area contributed by atoms with Gasteiger partial charge in [0.25, 0.3) is 5.54 Å². The van der Waals surface area contributed by atoms with Gasteiger partial charge in [0, 0.05) is 13.1 Å². The van der Waals surface area contributed by atoms with E-state index >= 15 is 0 Å². The molecule has 1 atom stereocenters. The molecular weight excluding hydrogens is 337 g/mol. The number of benzene rings is 1. The molecule has 1 heterocycles. The number of urea groups is 1. The quantitative estimate of drug-likeness (QED) is 0.841. The molecule has 1 aromatic rings. The van der Waals surface area contributed by atoms with Crippen LogP contribution in [-0.2, 0) is 15.1 Å². The maximum atomic E-state index is 14.0. The van der Waals surface area contributed by atoms with E-state index in [1.165, 1.54) is 30.0 Å². The third kappa shape index (κ3) is 3.88. The topological polar surface area (TPSA) is 58.6 Å². The molecule has 2 rings (SSSR count). The van der Waals surface area contributed by atoms with Gasteiger partial charge in [-0.25, -0.2) is 9.59 Å². The van der Waals surface area contributed by atoms with E-state index in [2.05, 4.69) is 4.74 Å². The van der Waals surface area contributed by atoms with Crippen LogP contribution in [0.2, 0.25) is 0 Å². The number of carbonyl (C=O) groups excluding carboxylic acids is 2. The largest absolute Gasteiger partial charge is 0.464 e. The highest BCUT2D eigenvalue weighted by atomic mass is 19.4. The van der Waals surface area contributed by atoms with Crippen LogP contribution in [0.1, 0.15) is 31.7 Å². The van der Waals surface area contributed by atoms with Crippen LogP contribution in [0.3, 0.4) is 0 Å². The minimum absolute atomic E-state index is 0.233. The predicted molar refractivity (Wildman–Crippen MR) is 84.8 cm³/mol. The summed E-state index contributed by atoms with van der Waals surface area (Å²) in [6, 6.07) is 5.67. The summed E-state index contributed by atoms with van der Waals surface area (Å²) < 4.78 is 46.8. The second kappa shape index (κ2) is 7.76. The molecule has 1 saturated heterocycles. The Labute approximate surface area is 144 Å². The number of esters is 1. The van der Waals surface area contributed by atoms with E-state index in [1.54, 1.807) is 0 Å². The fourth-order valence-electron chi connectivity index (χ4n) is 2.86. The number of rotatable bonds is 4. The van der Waals surface area contributed by atoms with Crippen molar-refractivity contribution in [3.05, 3.63) is 35.9 Å². The molecule has 25 heavy (non-hydrogen) atoms. The van der Waals surface area contributed by atoms with E-state index < -0.39 is 23.7 Å². The number of hydrogen-bond donors (Lipinski definition) is 1. The minimum Gasteiger partial charge on any atom is -0.464 e. The average molecular weight is 358 g/mol. The van der Waals surface area contributed by atoms with E-state index in [0.29, 0.717) is 13.1 Å². The van der Waals surface area contributed by atoms with Crippen LogP contribution in [0.5, 0.6) is 0 Å². The smallest absolute Gasteiger partial charge is 0.426 e. The van der Waals surface area contributed by atoms with Gasteiger partial charge in [-0.2, -0.15) is 13.2 Å². The summed E-state index contributed by atoms with van der Waals surface area (Å²) in [5.41, 5.74) is -3.62. The van der Waals surface area contributed by atoms with Crippen molar-refractivity contribution in [2.24, 2.45) is 0 Å². The Kier molecular flexibility index (Phi) is 5.92. The molecule has 5 nitrogen and oxygen atoms in total. The second-order valence-electron chi connectivity index (χ2n) is 5.81. The lowest BCUT2D eigenvalue weighted by molar-refractivity contribution is -0.214. The third-order valence-corrected chi connectivity index (χ3v) is 4.15. The highest BCUT2D eigenvalue weighted by molar-refractivity contribution is 5.89. The molecule has 8 heteroatoms. The van der Waals surface area contributed by atoms with Gasteiger partial charge >= 0.3 is 18.2 Å². The first-order chi connectivity index (χ1) is 11.8. The predicted octanol–water partition coefficient (Wildman–Crippen LogP) is 3.20. The lowest BCUT2D eigenvalue weighted by atomic mass is 9.89. The summed E-state index contributed by atoms with van der Waals surface area (Å²) in [5.74, 6) is -1.54. The van der Waals surface area contributed by atoms with Crippen LogP contribution in [0.15, 0.2) is 30.3 Å². The van der Waals surface area contributed by atoms with Crippen molar-refractivity contribution in [1.82, 2.24) is 10.2 Å². The Bertz CT molecular complexity index is 601. The number of hydrogen-bond acceptors (Lipinski definition) is 3.